The fourth-order valence-electron chi connectivity index (χ4n) is 3.60. The standard InChI is InChI=1S/C18H26N2OS/c1-15-3-2-4-16(11-15)12-22-13-17(21)20-9-6-18(7-10-20)5-8-19-14-18/h2-4,11,19H,5-10,12-14H2,1H3. The molecule has 0 bridgehead atoms. The van der Waals surface area contributed by atoms with Crippen LogP contribution < -0.4 is 5.32 Å². The van der Waals surface area contributed by atoms with E-state index in [0.717, 1.165) is 31.9 Å². The van der Waals surface area contributed by atoms with Gasteiger partial charge >= 0.3 is 0 Å². The summed E-state index contributed by atoms with van der Waals surface area (Å²) in [5.41, 5.74) is 3.09. The maximum absolute atomic E-state index is 12.3. The lowest BCUT2D eigenvalue weighted by atomic mass is 9.78. The number of nitrogens with one attached hydrogen (secondary N) is 1. The van der Waals surface area contributed by atoms with Gasteiger partial charge in [0.2, 0.25) is 5.91 Å². The van der Waals surface area contributed by atoms with Crippen LogP contribution in [0.5, 0.6) is 0 Å². The molecular formula is C18H26N2OS. The lowest BCUT2D eigenvalue weighted by Gasteiger charge is -2.38. The largest absolute Gasteiger partial charge is 0.342 e. The van der Waals surface area contributed by atoms with Crippen LogP contribution in [0.3, 0.4) is 0 Å². The van der Waals surface area contributed by atoms with Gasteiger partial charge in [-0.15, -0.1) is 11.8 Å². The van der Waals surface area contributed by atoms with Gasteiger partial charge in [0.25, 0.3) is 0 Å². The van der Waals surface area contributed by atoms with Crippen LogP contribution in [0.4, 0.5) is 0 Å². The lowest BCUT2D eigenvalue weighted by Crippen LogP contribution is -2.44. The van der Waals surface area contributed by atoms with Crippen molar-refractivity contribution in [3.05, 3.63) is 35.4 Å². The zero-order chi connectivity index (χ0) is 15.4. The first-order chi connectivity index (χ1) is 10.7. The molecule has 2 saturated heterocycles. The third-order valence-corrected chi connectivity index (χ3v) is 6.07. The van der Waals surface area contributed by atoms with Crippen LogP contribution in [0.25, 0.3) is 0 Å². The second-order valence-electron chi connectivity index (χ2n) is 6.79. The van der Waals surface area contributed by atoms with Crippen molar-refractivity contribution in [2.45, 2.75) is 31.9 Å². The fourth-order valence-corrected chi connectivity index (χ4v) is 4.48. The Morgan fingerprint density at radius 2 is 2.14 bits per heavy atom. The summed E-state index contributed by atoms with van der Waals surface area (Å²) in [5, 5.41) is 3.48. The molecular weight excluding hydrogens is 292 g/mol. The van der Waals surface area contributed by atoms with Gasteiger partial charge in [0.15, 0.2) is 0 Å². The van der Waals surface area contributed by atoms with Crippen LogP contribution in [0.2, 0.25) is 0 Å². The number of carbonyl (C=O) groups is 1. The molecule has 22 heavy (non-hydrogen) atoms. The van der Waals surface area contributed by atoms with Gasteiger partial charge in [-0.1, -0.05) is 29.8 Å². The monoisotopic (exact) mass is 318 g/mol. The number of amides is 1. The summed E-state index contributed by atoms with van der Waals surface area (Å²) in [6, 6.07) is 8.55. The average molecular weight is 318 g/mol. The van der Waals surface area contributed by atoms with Crippen LogP contribution in [0.1, 0.15) is 30.4 Å². The predicted molar refractivity (Wildman–Crippen MR) is 93.1 cm³/mol. The summed E-state index contributed by atoms with van der Waals surface area (Å²) in [7, 11) is 0. The summed E-state index contributed by atoms with van der Waals surface area (Å²) in [6.45, 7) is 6.31. The molecule has 1 amide bonds. The van der Waals surface area contributed by atoms with E-state index in [1.54, 1.807) is 11.8 Å². The van der Waals surface area contributed by atoms with Gasteiger partial charge in [-0.05, 0) is 43.7 Å². The second kappa shape index (κ2) is 7.05. The molecule has 2 aliphatic heterocycles. The van der Waals surface area contributed by atoms with Gasteiger partial charge in [0.05, 0.1) is 5.75 Å². The van der Waals surface area contributed by atoms with Crippen LogP contribution in [-0.4, -0.2) is 42.7 Å². The Kier molecular flexibility index (Phi) is 5.09. The molecule has 0 saturated carbocycles. The summed E-state index contributed by atoms with van der Waals surface area (Å²) >= 11 is 1.74. The van der Waals surface area contributed by atoms with Crippen molar-refractivity contribution in [2.75, 3.05) is 31.9 Å². The van der Waals surface area contributed by atoms with Gasteiger partial charge in [0.1, 0.15) is 0 Å². The Hall–Kier alpha value is -1.00. The zero-order valence-electron chi connectivity index (χ0n) is 13.4. The number of thioether (sulfide) groups is 1. The molecule has 2 aliphatic rings. The number of hydrogen-bond acceptors (Lipinski definition) is 3. The van der Waals surface area contributed by atoms with Gasteiger partial charge in [-0.3, -0.25) is 4.79 Å². The number of benzene rings is 1. The van der Waals surface area contributed by atoms with Crippen LogP contribution >= 0.6 is 11.8 Å². The molecule has 0 aliphatic carbocycles. The highest BCUT2D eigenvalue weighted by molar-refractivity contribution is 7.99. The van der Waals surface area contributed by atoms with E-state index < -0.39 is 0 Å². The number of aryl methyl sites for hydroxylation is 1. The Morgan fingerprint density at radius 1 is 1.32 bits per heavy atom. The van der Waals surface area contributed by atoms with E-state index in [1.807, 2.05) is 0 Å². The van der Waals surface area contributed by atoms with Gasteiger partial charge in [-0.25, -0.2) is 0 Å². The van der Waals surface area contributed by atoms with E-state index in [0.29, 0.717) is 17.1 Å². The smallest absolute Gasteiger partial charge is 0.232 e. The lowest BCUT2D eigenvalue weighted by molar-refractivity contribution is -0.130. The SMILES string of the molecule is Cc1cccc(CSCC(=O)N2CCC3(CCNC3)CC2)c1. The van der Waals surface area contributed by atoms with Crippen molar-refractivity contribution < 1.29 is 4.79 Å². The van der Waals surface area contributed by atoms with Crippen LogP contribution in [0, 0.1) is 12.3 Å². The third-order valence-electron chi connectivity index (χ3n) is 5.09. The van der Waals surface area contributed by atoms with Crippen LogP contribution in [0.15, 0.2) is 24.3 Å². The summed E-state index contributed by atoms with van der Waals surface area (Å²) in [6.07, 6.45) is 3.64. The van der Waals surface area contributed by atoms with E-state index in [2.05, 4.69) is 41.4 Å². The molecule has 3 nitrogen and oxygen atoms in total. The molecule has 0 atom stereocenters. The fraction of sp³-hybridized carbons (Fsp3) is 0.611. The highest BCUT2D eigenvalue weighted by Gasteiger charge is 2.37. The zero-order valence-corrected chi connectivity index (χ0v) is 14.3. The minimum absolute atomic E-state index is 0.318. The minimum atomic E-state index is 0.318. The normalized spacial score (nSPS) is 20.5. The Labute approximate surface area is 137 Å². The molecule has 1 N–H and O–H groups in total. The number of likely N-dealkylation sites (tertiary alicyclic amines) is 1. The Morgan fingerprint density at radius 3 is 2.82 bits per heavy atom. The molecule has 1 aromatic carbocycles. The van der Waals surface area contributed by atoms with Crippen molar-refractivity contribution in [3.8, 4) is 0 Å². The first-order valence-corrected chi connectivity index (χ1v) is 9.44. The molecule has 120 valence electrons. The topological polar surface area (TPSA) is 32.3 Å². The molecule has 3 rings (SSSR count). The summed E-state index contributed by atoms with van der Waals surface area (Å²) in [5.74, 6) is 1.85. The molecule has 1 aromatic rings. The minimum Gasteiger partial charge on any atom is -0.342 e. The third kappa shape index (κ3) is 3.85. The number of rotatable bonds is 4. The highest BCUT2D eigenvalue weighted by atomic mass is 32.2. The van der Waals surface area contributed by atoms with E-state index in [4.69, 9.17) is 0 Å². The summed E-state index contributed by atoms with van der Waals surface area (Å²) < 4.78 is 0. The number of nitrogens with zero attached hydrogens (tertiary/aromatic N) is 1. The molecule has 4 heteroatoms. The predicted octanol–water partition coefficient (Wildman–Crippen LogP) is 2.83. The molecule has 2 heterocycles. The molecule has 1 spiro atoms. The van der Waals surface area contributed by atoms with Gasteiger partial charge < -0.3 is 10.2 Å². The van der Waals surface area contributed by atoms with Gasteiger partial charge in [-0.2, -0.15) is 0 Å². The van der Waals surface area contributed by atoms with Crippen molar-refractivity contribution in [1.29, 1.82) is 0 Å². The van der Waals surface area contributed by atoms with Crippen molar-refractivity contribution in [1.82, 2.24) is 10.2 Å². The number of carbonyl (C=O) groups excluding carboxylic acids is 1. The van der Waals surface area contributed by atoms with E-state index in [1.165, 1.54) is 30.4 Å². The maximum Gasteiger partial charge on any atom is 0.232 e. The van der Waals surface area contributed by atoms with Crippen molar-refractivity contribution in [3.63, 3.8) is 0 Å². The molecule has 2 fully saturated rings. The number of piperidine rings is 1. The second-order valence-corrected chi connectivity index (χ2v) is 7.78. The average Bonchev–Trinajstić information content (AvgIpc) is 2.96. The molecule has 0 radical (unpaired) electrons. The first kappa shape index (κ1) is 15.9. The highest BCUT2D eigenvalue weighted by Crippen LogP contribution is 2.37. The quantitative estimate of drug-likeness (QED) is 0.926. The van der Waals surface area contributed by atoms with E-state index in [-0.39, 0.29) is 0 Å². The van der Waals surface area contributed by atoms with Crippen molar-refractivity contribution in [2.24, 2.45) is 5.41 Å². The van der Waals surface area contributed by atoms with E-state index >= 15 is 0 Å². The molecule has 0 aromatic heterocycles. The molecule has 0 unspecified atom stereocenters. The van der Waals surface area contributed by atoms with Crippen LogP contribution in [-0.2, 0) is 10.5 Å². The number of hydrogen-bond donors (Lipinski definition) is 1. The summed E-state index contributed by atoms with van der Waals surface area (Å²) in [4.78, 5) is 14.4. The maximum atomic E-state index is 12.3. The Balaban J connectivity index is 1.41. The van der Waals surface area contributed by atoms with Crippen molar-refractivity contribution >= 4 is 17.7 Å². The van der Waals surface area contributed by atoms with Gasteiger partial charge in [0, 0.05) is 25.4 Å². The Bertz CT molecular complexity index is 516. The van der Waals surface area contributed by atoms with E-state index in [9.17, 15) is 4.79 Å². The first-order valence-electron chi connectivity index (χ1n) is 8.29.